The van der Waals surface area contributed by atoms with Crippen LogP contribution in [0.4, 0.5) is 0 Å². The average molecular weight is 449 g/mol. The zero-order chi connectivity index (χ0) is 23.2. The van der Waals surface area contributed by atoms with Gasteiger partial charge in [-0.1, -0.05) is 30.3 Å². The van der Waals surface area contributed by atoms with Crippen LogP contribution in [-0.4, -0.2) is 60.0 Å². The molecule has 2 heterocycles. The van der Waals surface area contributed by atoms with Crippen LogP contribution in [0.15, 0.2) is 54.7 Å². The van der Waals surface area contributed by atoms with Crippen molar-refractivity contribution in [2.75, 3.05) is 26.3 Å². The van der Waals surface area contributed by atoms with E-state index in [4.69, 9.17) is 4.74 Å². The normalized spacial score (nSPS) is 14.6. The second-order valence-electron chi connectivity index (χ2n) is 8.14. The molecule has 0 unspecified atom stereocenters. The van der Waals surface area contributed by atoms with Gasteiger partial charge in [0.05, 0.1) is 13.2 Å². The summed E-state index contributed by atoms with van der Waals surface area (Å²) in [5, 5.41) is 6.68. The maximum Gasteiger partial charge on any atom is 0.254 e. The van der Waals surface area contributed by atoms with Crippen LogP contribution in [-0.2, 0) is 27.3 Å². The number of hydrogen-bond donors (Lipinski definition) is 3. The van der Waals surface area contributed by atoms with E-state index in [1.165, 1.54) is 6.92 Å². The minimum Gasteiger partial charge on any atom is -0.378 e. The van der Waals surface area contributed by atoms with Crippen LogP contribution >= 0.6 is 0 Å². The molecule has 8 nitrogen and oxygen atoms in total. The van der Waals surface area contributed by atoms with Gasteiger partial charge < -0.3 is 25.3 Å². The van der Waals surface area contributed by atoms with E-state index < -0.39 is 6.04 Å². The van der Waals surface area contributed by atoms with Gasteiger partial charge in [-0.3, -0.25) is 14.4 Å². The molecule has 0 spiro atoms. The Hall–Kier alpha value is -3.65. The number of para-hydroxylation sites is 1. The zero-order valence-electron chi connectivity index (χ0n) is 18.6. The number of hydrogen-bond acceptors (Lipinski definition) is 4. The molecule has 8 heteroatoms. The van der Waals surface area contributed by atoms with Gasteiger partial charge in [-0.15, -0.1) is 0 Å². The highest BCUT2D eigenvalue weighted by molar-refractivity contribution is 5.94. The Kier molecular flexibility index (Phi) is 7.04. The van der Waals surface area contributed by atoms with E-state index in [1.54, 1.807) is 17.0 Å². The Balaban J connectivity index is 1.37. The summed E-state index contributed by atoms with van der Waals surface area (Å²) in [6, 6.07) is 14.4. The lowest BCUT2D eigenvalue weighted by atomic mass is 10.0. The van der Waals surface area contributed by atoms with Gasteiger partial charge in [-0.05, 0) is 29.3 Å². The molecule has 3 aromatic rings. The number of nitrogens with one attached hydrogen (secondary N) is 3. The van der Waals surface area contributed by atoms with Crippen LogP contribution in [0.1, 0.15) is 28.4 Å². The molecule has 0 saturated carbocycles. The first kappa shape index (κ1) is 22.5. The van der Waals surface area contributed by atoms with Crippen LogP contribution in [0.3, 0.4) is 0 Å². The number of fused-ring (bicyclic) bond motifs is 1. The molecule has 1 aliphatic heterocycles. The molecule has 1 atom stereocenters. The Morgan fingerprint density at radius 2 is 1.79 bits per heavy atom. The van der Waals surface area contributed by atoms with Crippen molar-refractivity contribution in [3.63, 3.8) is 0 Å². The third kappa shape index (κ3) is 5.59. The lowest BCUT2D eigenvalue weighted by Crippen LogP contribution is -2.47. The van der Waals surface area contributed by atoms with E-state index in [2.05, 4.69) is 15.6 Å². The molecule has 0 aliphatic carbocycles. The molecular formula is C25H28N4O4. The van der Waals surface area contributed by atoms with Gasteiger partial charge in [-0.25, -0.2) is 0 Å². The monoisotopic (exact) mass is 448 g/mol. The van der Waals surface area contributed by atoms with Crippen molar-refractivity contribution in [1.29, 1.82) is 0 Å². The van der Waals surface area contributed by atoms with Crippen LogP contribution < -0.4 is 10.6 Å². The number of morpholine rings is 1. The minimum atomic E-state index is -0.691. The highest BCUT2D eigenvalue weighted by Crippen LogP contribution is 2.19. The Morgan fingerprint density at radius 3 is 2.52 bits per heavy atom. The van der Waals surface area contributed by atoms with Crippen molar-refractivity contribution in [2.24, 2.45) is 0 Å². The molecule has 1 fully saturated rings. The van der Waals surface area contributed by atoms with Gasteiger partial charge in [-0.2, -0.15) is 0 Å². The topological polar surface area (TPSA) is 104 Å². The number of nitrogens with zero attached hydrogens (tertiary/aromatic N) is 1. The number of amides is 3. The van der Waals surface area contributed by atoms with E-state index in [0.717, 1.165) is 22.0 Å². The average Bonchev–Trinajstić information content (AvgIpc) is 3.25. The minimum absolute atomic E-state index is 0.0154. The van der Waals surface area contributed by atoms with E-state index >= 15 is 0 Å². The fourth-order valence-corrected chi connectivity index (χ4v) is 4.00. The number of rotatable bonds is 7. The van der Waals surface area contributed by atoms with Gasteiger partial charge >= 0.3 is 0 Å². The molecule has 3 N–H and O–H groups in total. The summed E-state index contributed by atoms with van der Waals surface area (Å²) in [4.78, 5) is 42.2. The van der Waals surface area contributed by atoms with E-state index in [9.17, 15) is 14.4 Å². The standard InChI is InChI=1S/C25H28N4O4/c1-17(30)28-23(14-20-16-26-22-5-3-2-4-21(20)22)24(31)27-15-18-6-8-19(9-7-18)25(32)29-10-12-33-13-11-29/h2-9,16,23,26H,10-15H2,1H3,(H,27,31)(H,28,30)/t23-/m1/s1. The van der Waals surface area contributed by atoms with Crippen LogP contribution in [0.2, 0.25) is 0 Å². The lowest BCUT2D eigenvalue weighted by Gasteiger charge is -2.26. The Morgan fingerprint density at radius 1 is 1.06 bits per heavy atom. The molecule has 33 heavy (non-hydrogen) atoms. The summed E-state index contributed by atoms with van der Waals surface area (Å²) in [5.74, 6) is -0.539. The number of aromatic amines is 1. The van der Waals surface area contributed by atoms with E-state index in [0.29, 0.717) is 44.8 Å². The maximum absolute atomic E-state index is 12.9. The predicted octanol–water partition coefficient (Wildman–Crippen LogP) is 2.00. The third-order valence-corrected chi connectivity index (χ3v) is 5.76. The van der Waals surface area contributed by atoms with Crippen molar-refractivity contribution in [3.05, 3.63) is 71.4 Å². The molecule has 1 aromatic heterocycles. The molecule has 3 amide bonds. The summed E-state index contributed by atoms with van der Waals surface area (Å²) >= 11 is 0. The summed E-state index contributed by atoms with van der Waals surface area (Å²) in [7, 11) is 0. The number of H-pyrrole nitrogens is 1. The third-order valence-electron chi connectivity index (χ3n) is 5.76. The Labute approximate surface area is 192 Å². The molecule has 1 saturated heterocycles. The first-order valence-corrected chi connectivity index (χ1v) is 11.1. The van der Waals surface area contributed by atoms with Gasteiger partial charge in [0.25, 0.3) is 5.91 Å². The fraction of sp³-hybridized carbons (Fsp3) is 0.320. The second kappa shape index (κ2) is 10.3. The Bertz CT molecular complexity index is 1130. The van der Waals surface area contributed by atoms with Crippen molar-refractivity contribution in [1.82, 2.24) is 20.5 Å². The lowest BCUT2D eigenvalue weighted by molar-refractivity contribution is -0.128. The molecule has 0 bridgehead atoms. The van der Waals surface area contributed by atoms with Crippen molar-refractivity contribution in [3.8, 4) is 0 Å². The molecule has 1 aliphatic rings. The van der Waals surface area contributed by atoms with Crippen LogP contribution in [0, 0.1) is 0 Å². The molecule has 4 rings (SSSR count). The summed E-state index contributed by atoms with van der Waals surface area (Å²) in [6.07, 6.45) is 2.25. The highest BCUT2D eigenvalue weighted by atomic mass is 16.5. The number of benzene rings is 2. The first-order chi connectivity index (χ1) is 16.0. The van der Waals surface area contributed by atoms with Crippen molar-refractivity contribution in [2.45, 2.75) is 25.9 Å². The zero-order valence-corrected chi connectivity index (χ0v) is 18.6. The number of carbonyl (C=O) groups excluding carboxylic acids is 3. The molecule has 172 valence electrons. The fourth-order valence-electron chi connectivity index (χ4n) is 4.00. The van der Waals surface area contributed by atoms with Crippen molar-refractivity contribution < 1.29 is 19.1 Å². The number of aromatic nitrogens is 1. The molecular weight excluding hydrogens is 420 g/mol. The second-order valence-corrected chi connectivity index (χ2v) is 8.14. The smallest absolute Gasteiger partial charge is 0.254 e. The SMILES string of the molecule is CC(=O)N[C@H](Cc1c[nH]c2ccccc12)C(=O)NCc1ccc(C(=O)N2CCOCC2)cc1. The summed E-state index contributed by atoms with van der Waals surface area (Å²) < 4.78 is 5.29. The van der Waals surface area contributed by atoms with Gasteiger partial charge in [0.2, 0.25) is 11.8 Å². The van der Waals surface area contributed by atoms with Gasteiger partial charge in [0, 0.05) is 55.6 Å². The molecule has 2 aromatic carbocycles. The molecule has 0 radical (unpaired) electrons. The summed E-state index contributed by atoms with van der Waals surface area (Å²) in [6.45, 7) is 4.01. The number of ether oxygens (including phenoxy) is 1. The quantitative estimate of drug-likeness (QED) is 0.514. The van der Waals surface area contributed by atoms with Crippen LogP contribution in [0.5, 0.6) is 0 Å². The first-order valence-electron chi connectivity index (χ1n) is 11.1. The van der Waals surface area contributed by atoms with E-state index in [-0.39, 0.29) is 17.7 Å². The highest BCUT2D eigenvalue weighted by Gasteiger charge is 2.22. The number of carbonyl (C=O) groups is 3. The summed E-state index contributed by atoms with van der Waals surface area (Å²) in [5.41, 5.74) is 3.43. The largest absolute Gasteiger partial charge is 0.378 e. The maximum atomic E-state index is 12.9. The van der Waals surface area contributed by atoms with Gasteiger partial charge in [0.15, 0.2) is 0 Å². The van der Waals surface area contributed by atoms with Gasteiger partial charge in [0.1, 0.15) is 6.04 Å². The predicted molar refractivity (Wildman–Crippen MR) is 125 cm³/mol. The van der Waals surface area contributed by atoms with E-state index in [1.807, 2.05) is 42.6 Å². The van der Waals surface area contributed by atoms with Crippen molar-refractivity contribution >= 4 is 28.6 Å². The van der Waals surface area contributed by atoms with Crippen LogP contribution in [0.25, 0.3) is 10.9 Å².